The van der Waals surface area contributed by atoms with Gasteiger partial charge < -0.3 is 5.32 Å². The minimum Gasteiger partial charge on any atom is -0.310 e. The molecule has 1 atom stereocenters. The van der Waals surface area contributed by atoms with Gasteiger partial charge in [0.1, 0.15) is 0 Å². The smallest absolute Gasteiger partial charge is 0.0379 e. The van der Waals surface area contributed by atoms with Gasteiger partial charge in [0.15, 0.2) is 0 Å². The summed E-state index contributed by atoms with van der Waals surface area (Å²) < 4.78 is 0. The van der Waals surface area contributed by atoms with Crippen LogP contribution in [-0.2, 0) is 0 Å². The molecule has 0 amide bonds. The van der Waals surface area contributed by atoms with Crippen LogP contribution in [0.3, 0.4) is 0 Å². The van der Waals surface area contributed by atoms with Crippen LogP contribution in [0.1, 0.15) is 49.2 Å². The maximum absolute atomic E-state index is 4.43. The number of unbranched alkanes of at least 4 members (excludes halogenated alkanes) is 1. The molecule has 0 aliphatic carbocycles. The molecule has 0 saturated carbocycles. The molecule has 0 aliphatic rings. The van der Waals surface area contributed by atoms with E-state index in [9.17, 15) is 0 Å². The molecule has 1 aromatic rings. The zero-order valence-electron chi connectivity index (χ0n) is 11.3. The molecule has 0 saturated heterocycles. The number of aryl methyl sites for hydroxylation is 2. The predicted octanol–water partition coefficient (Wildman–Crippen LogP) is 3.71. The van der Waals surface area contributed by atoms with Crippen molar-refractivity contribution >= 4 is 0 Å². The number of hydrogen-bond acceptors (Lipinski definition) is 2. The first-order valence-corrected chi connectivity index (χ1v) is 6.46. The third-order valence-electron chi connectivity index (χ3n) is 2.86. The van der Waals surface area contributed by atoms with E-state index in [4.69, 9.17) is 0 Å². The monoisotopic (exact) mass is 232 g/mol. The zero-order valence-corrected chi connectivity index (χ0v) is 11.3. The third kappa shape index (κ3) is 4.70. The second-order valence-corrected chi connectivity index (χ2v) is 4.51. The van der Waals surface area contributed by atoms with Crippen LogP contribution in [0.15, 0.2) is 24.8 Å². The SMILES string of the molecule is C=CCCCC(NCC)c1cc(C)nc(C)c1. The standard InChI is InChI=1S/C15H24N2/c1-5-7-8-9-15(16-6-2)14-10-12(3)17-13(4)11-14/h5,10-11,15-16H,1,6-9H2,2-4H3. The highest BCUT2D eigenvalue weighted by Gasteiger charge is 2.10. The molecule has 1 N–H and O–H groups in total. The predicted molar refractivity (Wildman–Crippen MR) is 74.2 cm³/mol. The second kappa shape index (κ2) is 7.23. The lowest BCUT2D eigenvalue weighted by Crippen LogP contribution is -2.21. The Labute approximate surface area is 105 Å². The van der Waals surface area contributed by atoms with E-state index in [1.165, 1.54) is 12.0 Å². The van der Waals surface area contributed by atoms with E-state index in [0.717, 1.165) is 30.8 Å². The summed E-state index contributed by atoms with van der Waals surface area (Å²) in [6.07, 6.45) is 5.42. The molecule has 0 fully saturated rings. The van der Waals surface area contributed by atoms with Gasteiger partial charge in [-0.05, 0) is 57.4 Å². The third-order valence-corrected chi connectivity index (χ3v) is 2.86. The van der Waals surface area contributed by atoms with Crippen molar-refractivity contribution < 1.29 is 0 Å². The molecule has 0 aromatic carbocycles. The molecule has 2 heteroatoms. The van der Waals surface area contributed by atoms with Crippen molar-refractivity contribution in [2.45, 2.75) is 46.1 Å². The van der Waals surface area contributed by atoms with Gasteiger partial charge in [-0.2, -0.15) is 0 Å². The van der Waals surface area contributed by atoms with Crippen LogP contribution in [0.2, 0.25) is 0 Å². The molecule has 1 rings (SSSR count). The normalized spacial score (nSPS) is 12.4. The first-order valence-electron chi connectivity index (χ1n) is 6.46. The summed E-state index contributed by atoms with van der Waals surface area (Å²) >= 11 is 0. The van der Waals surface area contributed by atoms with E-state index in [1.807, 2.05) is 6.08 Å². The maximum Gasteiger partial charge on any atom is 0.0379 e. The van der Waals surface area contributed by atoms with Gasteiger partial charge in [0.05, 0.1) is 0 Å². The Morgan fingerprint density at radius 1 is 1.35 bits per heavy atom. The van der Waals surface area contributed by atoms with Crippen molar-refractivity contribution in [2.75, 3.05) is 6.54 Å². The number of rotatable bonds is 7. The van der Waals surface area contributed by atoms with Crippen LogP contribution in [0.4, 0.5) is 0 Å². The summed E-state index contributed by atoms with van der Waals surface area (Å²) in [6, 6.07) is 4.82. The highest BCUT2D eigenvalue weighted by molar-refractivity contribution is 5.23. The quantitative estimate of drug-likeness (QED) is 0.572. The molecule has 2 nitrogen and oxygen atoms in total. The Hall–Kier alpha value is -1.15. The van der Waals surface area contributed by atoms with Gasteiger partial charge in [0, 0.05) is 17.4 Å². The van der Waals surface area contributed by atoms with Crippen LogP contribution >= 0.6 is 0 Å². The fraction of sp³-hybridized carbons (Fsp3) is 0.533. The Bertz CT molecular complexity index is 338. The molecule has 0 aliphatic heterocycles. The van der Waals surface area contributed by atoms with E-state index in [2.05, 4.69) is 49.8 Å². The molecular weight excluding hydrogens is 208 g/mol. The Kier molecular flexibility index (Phi) is 5.92. The van der Waals surface area contributed by atoms with Crippen LogP contribution in [0.5, 0.6) is 0 Å². The topological polar surface area (TPSA) is 24.9 Å². The van der Waals surface area contributed by atoms with Gasteiger partial charge in [-0.25, -0.2) is 0 Å². The highest BCUT2D eigenvalue weighted by atomic mass is 14.9. The molecule has 94 valence electrons. The molecular formula is C15H24N2. The van der Waals surface area contributed by atoms with Gasteiger partial charge in [-0.1, -0.05) is 13.0 Å². The Morgan fingerprint density at radius 2 is 2.00 bits per heavy atom. The lowest BCUT2D eigenvalue weighted by molar-refractivity contribution is 0.499. The molecule has 0 radical (unpaired) electrons. The minimum atomic E-state index is 0.445. The average Bonchev–Trinajstić information content (AvgIpc) is 2.27. The molecule has 1 aromatic heterocycles. The molecule has 1 unspecified atom stereocenters. The van der Waals surface area contributed by atoms with Crippen molar-refractivity contribution in [3.8, 4) is 0 Å². The number of pyridine rings is 1. The molecule has 0 spiro atoms. The van der Waals surface area contributed by atoms with Crippen LogP contribution in [-0.4, -0.2) is 11.5 Å². The number of aromatic nitrogens is 1. The van der Waals surface area contributed by atoms with Crippen molar-refractivity contribution in [1.29, 1.82) is 0 Å². The van der Waals surface area contributed by atoms with Crippen molar-refractivity contribution in [1.82, 2.24) is 10.3 Å². The van der Waals surface area contributed by atoms with Crippen molar-refractivity contribution in [3.05, 3.63) is 41.7 Å². The molecule has 0 bridgehead atoms. The fourth-order valence-electron chi connectivity index (χ4n) is 2.17. The maximum atomic E-state index is 4.43. The van der Waals surface area contributed by atoms with Gasteiger partial charge in [0.25, 0.3) is 0 Å². The van der Waals surface area contributed by atoms with Gasteiger partial charge >= 0.3 is 0 Å². The number of allylic oxidation sites excluding steroid dienone is 1. The lowest BCUT2D eigenvalue weighted by atomic mass is 10.0. The van der Waals surface area contributed by atoms with Crippen LogP contribution < -0.4 is 5.32 Å². The largest absolute Gasteiger partial charge is 0.310 e. The van der Waals surface area contributed by atoms with Gasteiger partial charge in [-0.15, -0.1) is 6.58 Å². The molecule has 1 heterocycles. The second-order valence-electron chi connectivity index (χ2n) is 4.51. The van der Waals surface area contributed by atoms with Crippen LogP contribution in [0, 0.1) is 13.8 Å². The van der Waals surface area contributed by atoms with Gasteiger partial charge in [-0.3, -0.25) is 4.98 Å². The van der Waals surface area contributed by atoms with Gasteiger partial charge in [0.2, 0.25) is 0 Å². The fourth-order valence-corrected chi connectivity index (χ4v) is 2.17. The van der Waals surface area contributed by atoms with E-state index in [1.54, 1.807) is 0 Å². The Morgan fingerprint density at radius 3 is 2.53 bits per heavy atom. The summed E-state index contributed by atoms with van der Waals surface area (Å²) in [7, 11) is 0. The van der Waals surface area contributed by atoms with E-state index in [-0.39, 0.29) is 0 Å². The first kappa shape index (κ1) is 13.9. The van der Waals surface area contributed by atoms with Crippen molar-refractivity contribution in [2.24, 2.45) is 0 Å². The number of nitrogens with zero attached hydrogens (tertiary/aromatic N) is 1. The van der Waals surface area contributed by atoms with E-state index < -0.39 is 0 Å². The molecule has 17 heavy (non-hydrogen) atoms. The number of hydrogen-bond donors (Lipinski definition) is 1. The summed E-state index contributed by atoms with van der Waals surface area (Å²) in [5, 5.41) is 3.55. The van der Waals surface area contributed by atoms with E-state index in [0.29, 0.717) is 6.04 Å². The van der Waals surface area contributed by atoms with Crippen molar-refractivity contribution in [3.63, 3.8) is 0 Å². The highest BCUT2D eigenvalue weighted by Crippen LogP contribution is 2.20. The first-order chi connectivity index (χ1) is 8.17. The average molecular weight is 232 g/mol. The van der Waals surface area contributed by atoms with E-state index >= 15 is 0 Å². The minimum absolute atomic E-state index is 0.445. The zero-order chi connectivity index (χ0) is 12.7. The summed E-state index contributed by atoms with van der Waals surface area (Å²) in [5.74, 6) is 0. The van der Waals surface area contributed by atoms with Crippen LogP contribution in [0.25, 0.3) is 0 Å². The number of nitrogens with one attached hydrogen (secondary N) is 1. The summed E-state index contributed by atoms with van der Waals surface area (Å²) in [4.78, 5) is 4.43. The Balaban J connectivity index is 2.76. The summed E-state index contributed by atoms with van der Waals surface area (Å²) in [6.45, 7) is 11.0. The lowest BCUT2D eigenvalue weighted by Gasteiger charge is -2.19. The summed E-state index contributed by atoms with van der Waals surface area (Å²) in [5.41, 5.74) is 3.57.